The van der Waals surface area contributed by atoms with Crippen LogP contribution in [0.5, 0.6) is 0 Å². The minimum absolute atomic E-state index is 0.223. The highest BCUT2D eigenvalue weighted by molar-refractivity contribution is 8.00. The van der Waals surface area contributed by atoms with E-state index in [9.17, 15) is 24.8 Å². The number of thiophene rings is 1. The molecule has 2 aromatic carbocycles. The number of hydrogen-bond acceptors (Lipinski definition) is 6. The first-order valence-electron chi connectivity index (χ1n) is 13.3. The van der Waals surface area contributed by atoms with Gasteiger partial charge in [0.05, 0.1) is 17.4 Å². The first-order valence-corrected chi connectivity index (χ1v) is 15.0. The molecule has 3 aromatic rings. The number of aliphatic carboxylic acids is 1. The number of rotatable bonds is 8. The number of carbonyl (C=O) groups excluding carboxylic acids is 2. The molecule has 204 valence electrons. The van der Waals surface area contributed by atoms with E-state index in [1.165, 1.54) is 28.0 Å². The van der Waals surface area contributed by atoms with Gasteiger partial charge in [0.25, 0.3) is 0 Å². The normalized spacial score (nSPS) is 18.7. The number of thioether (sulfide) groups is 1. The van der Waals surface area contributed by atoms with Crippen LogP contribution in [0.4, 0.5) is 10.7 Å². The van der Waals surface area contributed by atoms with Crippen LogP contribution in [0, 0.1) is 23.2 Å². The molecule has 7 nitrogen and oxygen atoms in total. The number of nitrogens with one attached hydrogen (secondary N) is 2. The predicted octanol–water partition coefficient (Wildman–Crippen LogP) is 6.58. The summed E-state index contributed by atoms with van der Waals surface area (Å²) < 4.78 is 0. The van der Waals surface area contributed by atoms with E-state index in [0.717, 1.165) is 41.7 Å². The number of carboxylic acid groups (broad SMARTS) is 1. The summed E-state index contributed by atoms with van der Waals surface area (Å²) in [5, 5.41) is 25.3. The first kappa shape index (κ1) is 27.7. The van der Waals surface area contributed by atoms with Gasteiger partial charge in [-0.15, -0.1) is 23.1 Å². The van der Waals surface area contributed by atoms with Gasteiger partial charge in [-0.2, -0.15) is 5.26 Å². The van der Waals surface area contributed by atoms with Crippen molar-refractivity contribution in [3.05, 3.63) is 88.3 Å². The molecular weight excluding hydrogens is 542 g/mol. The highest BCUT2D eigenvalue weighted by Crippen LogP contribution is 2.41. The van der Waals surface area contributed by atoms with E-state index in [-0.39, 0.29) is 11.8 Å². The second-order valence-corrected chi connectivity index (χ2v) is 12.2. The molecule has 2 amide bonds. The highest BCUT2D eigenvalue weighted by atomic mass is 32.2. The molecule has 0 aliphatic heterocycles. The summed E-state index contributed by atoms with van der Waals surface area (Å²) >= 11 is 2.85. The Bertz CT molecular complexity index is 1490. The van der Waals surface area contributed by atoms with Crippen LogP contribution in [0.2, 0.25) is 0 Å². The number of carboxylic acids is 1. The first-order chi connectivity index (χ1) is 19.4. The summed E-state index contributed by atoms with van der Waals surface area (Å²) in [6.07, 6.45) is 8.31. The van der Waals surface area contributed by atoms with Gasteiger partial charge in [0.2, 0.25) is 11.8 Å². The Kier molecular flexibility index (Phi) is 8.68. The third kappa shape index (κ3) is 6.14. The Hall–Kier alpha value is -3.87. The monoisotopic (exact) mass is 571 g/mol. The fourth-order valence-corrected chi connectivity index (χ4v) is 7.57. The molecule has 1 heterocycles. The van der Waals surface area contributed by atoms with E-state index in [1.54, 1.807) is 24.3 Å². The smallest absolute Gasteiger partial charge is 0.307 e. The van der Waals surface area contributed by atoms with Crippen LogP contribution in [-0.2, 0) is 27.2 Å². The Morgan fingerprint density at radius 3 is 2.48 bits per heavy atom. The Morgan fingerprint density at radius 1 is 0.975 bits per heavy atom. The standard InChI is InChI=1S/C31H29N3O4S2/c32-18-25-22-13-6-7-16-26(22)40-30(25)34-29(36)27(19-9-2-1-3-10-19)39-21-12-8-11-20(17-21)33-28(35)23-14-4-5-15-24(23)31(37)38/h1-5,8-12,17,23-24,27H,6-7,13-16H2,(H,33,35)(H,34,36)(H,37,38). The molecule has 0 fully saturated rings. The van der Waals surface area contributed by atoms with E-state index in [0.29, 0.717) is 29.1 Å². The largest absolute Gasteiger partial charge is 0.481 e. The summed E-state index contributed by atoms with van der Waals surface area (Å²) in [7, 11) is 0. The van der Waals surface area contributed by atoms with Crippen molar-refractivity contribution in [1.29, 1.82) is 5.26 Å². The number of anilines is 2. The number of fused-ring (bicyclic) bond motifs is 1. The van der Waals surface area contributed by atoms with Crippen LogP contribution in [0.15, 0.2) is 71.6 Å². The number of nitriles is 1. The second kappa shape index (κ2) is 12.5. The molecule has 3 N–H and O–H groups in total. The van der Waals surface area contributed by atoms with Gasteiger partial charge in [-0.25, -0.2) is 0 Å². The van der Waals surface area contributed by atoms with Gasteiger partial charge in [0.1, 0.15) is 16.3 Å². The van der Waals surface area contributed by atoms with Gasteiger partial charge in [-0.05, 0) is 67.9 Å². The van der Waals surface area contributed by atoms with Crippen molar-refractivity contribution in [3.8, 4) is 6.07 Å². The SMILES string of the molecule is N#Cc1c(NC(=O)C(Sc2cccc(NC(=O)C3CC=CCC3C(=O)O)c2)c2ccccc2)sc2c1CCCC2. The third-order valence-corrected chi connectivity index (χ3v) is 9.76. The van der Waals surface area contributed by atoms with Crippen molar-refractivity contribution >= 4 is 51.6 Å². The lowest BCUT2D eigenvalue weighted by Crippen LogP contribution is -2.34. The van der Waals surface area contributed by atoms with E-state index in [1.807, 2.05) is 42.5 Å². The zero-order chi connectivity index (χ0) is 28.1. The van der Waals surface area contributed by atoms with Crippen LogP contribution in [-0.4, -0.2) is 22.9 Å². The molecule has 40 heavy (non-hydrogen) atoms. The molecule has 0 bridgehead atoms. The zero-order valence-corrected chi connectivity index (χ0v) is 23.4. The molecule has 0 saturated carbocycles. The topological polar surface area (TPSA) is 119 Å². The summed E-state index contributed by atoms with van der Waals surface area (Å²) in [4.78, 5) is 40.3. The lowest BCUT2D eigenvalue weighted by Gasteiger charge is -2.24. The summed E-state index contributed by atoms with van der Waals surface area (Å²) in [5.74, 6) is -2.93. The van der Waals surface area contributed by atoms with E-state index in [4.69, 9.17) is 0 Å². The fraction of sp³-hybridized carbons (Fsp3) is 0.290. The maximum Gasteiger partial charge on any atom is 0.307 e. The van der Waals surface area contributed by atoms with Crippen molar-refractivity contribution in [2.75, 3.05) is 10.6 Å². The Morgan fingerprint density at radius 2 is 1.73 bits per heavy atom. The number of nitrogens with zero attached hydrogens (tertiary/aromatic N) is 1. The van der Waals surface area contributed by atoms with Crippen LogP contribution in [0.25, 0.3) is 0 Å². The van der Waals surface area contributed by atoms with Crippen LogP contribution in [0.3, 0.4) is 0 Å². The minimum atomic E-state index is -0.975. The Balaban J connectivity index is 1.36. The molecule has 3 unspecified atom stereocenters. The van der Waals surface area contributed by atoms with Gasteiger partial charge in [-0.1, -0.05) is 48.6 Å². The molecule has 0 spiro atoms. The van der Waals surface area contributed by atoms with Gasteiger partial charge in [-0.3, -0.25) is 14.4 Å². The number of aryl methyl sites for hydroxylation is 1. The van der Waals surface area contributed by atoms with Crippen molar-refractivity contribution < 1.29 is 19.5 Å². The van der Waals surface area contributed by atoms with Gasteiger partial charge >= 0.3 is 5.97 Å². The van der Waals surface area contributed by atoms with Gasteiger partial charge < -0.3 is 15.7 Å². The molecule has 5 rings (SSSR count). The predicted molar refractivity (Wildman–Crippen MR) is 157 cm³/mol. The summed E-state index contributed by atoms with van der Waals surface area (Å²) in [6, 6.07) is 19.0. The third-order valence-electron chi connectivity index (χ3n) is 7.30. The summed E-state index contributed by atoms with van der Waals surface area (Å²) in [5.41, 5.74) is 3.00. The molecule has 2 aliphatic rings. The lowest BCUT2D eigenvalue weighted by atomic mass is 9.82. The van der Waals surface area contributed by atoms with Crippen molar-refractivity contribution in [3.63, 3.8) is 0 Å². The number of amides is 2. The minimum Gasteiger partial charge on any atom is -0.481 e. The fourth-order valence-electron chi connectivity index (χ4n) is 5.25. The zero-order valence-electron chi connectivity index (χ0n) is 21.8. The molecule has 3 atom stereocenters. The van der Waals surface area contributed by atoms with E-state index in [2.05, 4.69) is 16.7 Å². The molecule has 0 saturated heterocycles. The number of carbonyl (C=O) groups is 3. The number of hydrogen-bond donors (Lipinski definition) is 3. The maximum absolute atomic E-state index is 13.7. The van der Waals surface area contributed by atoms with Crippen molar-refractivity contribution in [2.45, 2.75) is 48.7 Å². The number of benzene rings is 2. The summed E-state index contributed by atoms with van der Waals surface area (Å²) in [6.45, 7) is 0. The maximum atomic E-state index is 13.7. The lowest BCUT2D eigenvalue weighted by molar-refractivity contribution is -0.146. The quantitative estimate of drug-likeness (QED) is 0.208. The molecule has 9 heteroatoms. The molecule has 0 radical (unpaired) electrons. The van der Waals surface area contributed by atoms with Gasteiger partial charge in [0.15, 0.2) is 0 Å². The van der Waals surface area contributed by atoms with Crippen LogP contribution in [0.1, 0.15) is 52.5 Å². The molecule has 2 aliphatic carbocycles. The average molecular weight is 572 g/mol. The number of allylic oxidation sites excluding steroid dienone is 2. The van der Waals surface area contributed by atoms with Crippen molar-refractivity contribution in [1.82, 2.24) is 0 Å². The van der Waals surface area contributed by atoms with Crippen LogP contribution >= 0.6 is 23.1 Å². The highest BCUT2D eigenvalue weighted by Gasteiger charge is 2.34. The van der Waals surface area contributed by atoms with E-state index >= 15 is 0 Å². The molecular formula is C31H29N3O4S2. The van der Waals surface area contributed by atoms with Crippen molar-refractivity contribution in [2.24, 2.45) is 11.8 Å². The average Bonchev–Trinajstić information content (AvgIpc) is 3.33. The van der Waals surface area contributed by atoms with E-state index < -0.39 is 23.1 Å². The van der Waals surface area contributed by atoms with Crippen LogP contribution < -0.4 is 10.6 Å². The second-order valence-electron chi connectivity index (χ2n) is 9.94. The molecule has 1 aromatic heterocycles. The Labute approximate surface area is 241 Å². The van der Waals surface area contributed by atoms with Gasteiger partial charge in [0, 0.05) is 15.5 Å².